The van der Waals surface area contributed by atoms with Gasteiger partial charge in [-0.1, -0.05) is 11.6 Å². The van der Waals surface area contributed by atoms with Crippen LogP contribution < -0.4 is 9.47 Å². The van der Waals surface area contributed by atoms with Crippen LogP contribution in [0.4, 0.5) is 0 Å². The zero-order valence-electron chi connectivity index (χ0n) is 11.4. The lowest BCUT2D eigenvalue weighted by Crippen LogP contribution is -2.00. The minimum Gasteiger partial charge on any atom is -0.493 e. The molecule has 21 heavy (non-hydrogen) atoms. The van der Waals surface area contributed by atoms with Gasteiger partial charge >= 0.3 is 0 Å². The van der Waals surface area contributed by atoms with E-state index in [9.17, 15) is 5.11 Å². The fourth-order valence-electron chi connectivity index (χ4n) is 2.15. The first-order valence-electron chi connectivity index (χ1n) is 6.20. The molecule has 0 radical (unpaired) electrons. The molecule has 0 spiro atoms. The van der Waals surface area contributed by atoms with E-state index in [1.165, 1.54) is 9.40 Å². The van der Waals surface area contributed by atoms with Gasteiger partial charge in [0.1, 0.15) is 6.10 Å². The van der Waals surface area contributed by atoms with E-state index in [2.05, 4.69) is 6.07 Å². The number of rotatable bonds is 4. The molecule has 1 unspecified atom stereocenters. The summed E-state index contributed by atoms with van der Waals surface area (Å²) in [7, 11) is 3.11. The maximum atomic E-state index is 10.6. The van der Waals surface area contributed by atoms with E-state index in [-0.39, 0.29) is 0 Å². The molecule has 3 aromatic rings. The number of fused-ring (bicyclic) bond motifs is 1. The third kappa shape index (κ3) is 2.62. The third-order valence-corrected chi connectivity index (χ3v) is 5.70. The quantitative estimate of drug-likeness (QED) is 0.747. The number of aliphatic hydroxyl groups excluding tert-OH is 1. The smallest absolute Gasteiger partial charge is 0.162 e. The van der Waals surface area contributed by atoms with Crippen molar-refractivity contribution in [3.63, 3.8) is 0 Å². The lowest BCUT2D eigenvalue weighted by molar-refractivity contribution is 0.223. The normalized spacial score (nSPS) is 12.6. The highest BCUT2D eigenvalue weighted by Crippen LogP contribution is 2.41. The number of aliphatic hydroxyl groups is 1. The van der Waals surface area contributed by atoms with Gasteiger partial charge < -0.3 is 14.6 Å². The molecule has 1 atom stereocenters. The molecule has 0 fully saturated rings. The lowest BCUT2D eigenvalue weighted by Gasteiger charge is -2.15. The first-order valence-corrected chi connectivity index (χ1v) is 8.28. The molecule has 0 aliphatic heterocycles. The molecule has 0 amide bonds. The van der Waals surface area contributed by atoms with Crippen molar-refractivity contribution in [2.24, 2.45) is 0 Å². The van der Waals surface area contributed by atoms with Crippen LogP contribution in [0.3, 0.4) is 0 Å². The van der Waals surface area contributed by atoms with Gasteiger partial charge in [0.25, 0.3) is 0 Å². The van der Waals surface area contributed by atoms with Gasteiger partial charge in [0, 0.05) is 25.9 Å². The summed E-state index contributed by atoms with van der Waals surface area (Å²) in [6, 6.07) is 7.44. The summed E-state index contributed by atoms with van der Waals surface area (Å²) in [6.45, 7) is 0. The Morgan fingerprint density at radius 1 is 1.10 bits per heavy atom. The van der Waals surface area contributed by atoms with E-state index in [0.29, 0.717) is 22.1 Å². The number of benzene rings is 1. The summed E-state index contributed by atoms with van der Waals surface area (Å²) in [4.78, 5) is 0.867. The van der Waals surface area contributed by atoms with Crippen molar-refractivity contribution in [3.8, 4) is 11.5 Å². The van der Waals surface area contributed by atoms with E-state index in [1.54, 1.807) is 49.0 Å². The number of hydrogen-bond acceptors (Lipinski definition) is 5. The Kier molecular flexibility index (Phi) is 4.08. The average molecular weight is 341 g/mol. The second kappa shape index (κ2) is 5.85. The standard InChI is InChI=1S/C15H13ClO3S2/c1-18-10-5-8(9(16)6-11(10)19-2)15(17)14-7-13-12(21-14)3-4-20-13/h3-7,15,17H,1-2H3. The Morgan fingerprint density at radius 3 is 2.48 bits per heavy atom. The summed E-state index contributed by atoms with van der Waals surface area (Å²) in [5.74, 6) is 1.10. The Bertz CT molecular complexity index is 750. The zero-order chi connectivity index (χ0) is 15.0. The van der Waals surface area contributed by atoms with Crippen molar-refractivity contribution in [3.05, 3.63) is 45.1 Å². The Hall–Kier alpha value is -1.27. The highest BCUT2D eigenvalue weighted by Gasteiger charge is 2.20. The molecular weight excluding hydrogens is 328 g/mol. The van der Waals surface area contributed by atoms with E-state index in [4.69, 9.17) is 21.1 Å². The maximum absolute atomic E-state index is 10.6. The molecular formula is C15H13ClO3S2. The Morgan fingerprint density at radius 2 is 1.81 bits per heavy atom. The molecule has 0 saturated heterocycles. The summed E-state index contributed by atoms with van der Waals surface area (Å²) < 4.78 is 12.8. The summed E-state index contributed by atoms with van der Waals surface area (Å²) in [5.41, 5.74) is 0.614. The van der Waals surface area contributed by atoms with E-state index < -0.39 is 6.10 Å². The van der Waals surface area contributed by atoms with Crippen molar-refractivity contribution < 1.29 is 14.6 Å². The largest absolute Gasteiger partial charge is 0.493 e. The van der Waals surface area contributed by atoms with Gasteiger partial charge in [-0.3, -0.25) is 0 Å². The number of halogens is 1. The number of ether oxygens (including phenoxy) is 2. The lowest BCUT2D eigenvalue weighted by atomic mass is 10.1. The molecule has 0 bridgehead atoms. The van der Waals surface area contributed by atoms with Crippen LogP contribution in [-0.4, -0.2) is 19.3 Å². The predicted molar refractivity (Wildman–Crippen MR) is 88.3 cm³/mol. The monoisotopic (exact) mass is 340 g/mol. The summed E-state index contributed by atoms with van der Waals surface area (Å²) in [6.07, 6.45) is -0.776. The minimum atomic E-state index is -0.776. The third-order valence-electron chi connectivity index (χ3n) is 3.23. The second-order valence-corrected chi connectivity index (χ2v) is 6.90. The number of hydrogen-bond donors (Lipinski definition) is 1. The first kappa shape index (κ1) is 14.7. The Balaban J connectivity index is 2.04. The van der Waals surface area contributed by atoms with E-state index >= 15 is 0 Å². The first-order chi connectivity index (χ1) is 10.1. The van der Waals surface area contributed by atoms with Gasteiger partial charge in [0.2, 0.25) is 0 Å². The van der Waals surface area contributed by atoms with Gasteiger partial charge in [0.05, 0.1) is 19.2 Å². The molecule has 2 heterocycles. The second-order valence-electron chi connectivity index (χ2n) is 4.43. The van der Waals surface area contributed by atoms with Crippen LogP contribution in [0.1, 0.15) is 16.5 Å². The fourth-order valence-corrected chi connectivity index (χ4v) is 4.53. The molecule has 1 aromatic carbocycles. The molecule has 3 rings (SSSR count). The van der Waals surface area contributed by atoms with E-state index in [0.717, 1.165) is 4.88 Å². The van der Waals surface area contributed by atoms with Gasteiger partial charge in [-0.15, -0.1) is 22.7 Å². The molecule has 0 aliphatic rings. The van der Waals surface area contributed by atoms with Gasteiger partial charge in [-0.25, -0.2) is 0 Å². The van der Waals surface area contributed by atoms with Crippen LogP contribution >= 0.6 is 34.3 Å². The molecule has 0 saturated carbocycles. The van der Waals surface area contributed by atoms with Gasteiger partial charge in [-0.05, 0) is 23.6 Å². The van der Waals surface area contributed by atoms with Crippen LogP contribution in [0.5, 0.6) is 11.5 Å². The predicted octanol–water partition coefficient (Wildman–Crippen LogP) is 4.72. The van der Waals surface area contributed by atoms with Crippen molar-refractivity contribution in [2.75, 3.05) is 14.2 Å². The van der Waals surface area contributed by atoms with Crippen LogP contribution in [-0.2, 0) is 0 Å². The minimum absolute atomic E-state index is 0.455. The zero-order valence-corrected chi connectivity index (χ0v) is 13.8. The fraction of sp³-hybridized carbons (Fsp3) is 0.200. The highest BCUT2D eigenvalue weighted by molar-refractivity contribution is 7.26. The molecule has 6 heteroatoms. The number of thiophene rings is 2. The van der Waals surface area contributed by atoms with Crippen LogP contribution in [0, 0.1) is 0 Å². The molecule has 3 nitrogen and oxygen atoms in total. The average Bonchev–Trinajstić information content (AvgIpc) is 3.07. The number of methoxy groups -OCH3 is 2. The Labute approximate surface area is 135 Å². The maximum Gasteiger partial charge on any atom is 0.162 e. The molecule has 2 aromatic heterocycles. The van der Waals surface area contributed by atoms with Crippen LogP contribution in [0.25, 0.3) is 9.40 Å². The van der Waals surface area contributed by atoms with Crippen molar-refractivity contribution >= 4 is 43.7 Å². The highest BCUT2D eigenvalue weighted by atomic mass is 35.5. The summed E-state index contributed by atoms with van der Waals surface area (Å²) in [5, 5.41) is 13.1. The van der Waals surface area contributed by atoms with Crippen molar-refractivity contribution in [1.29, 1.82) is 0 Å². The van der Waals surface area contributed by atoms with Crippen molar-refractivity contribution in [2.45, 2.75) is 6.10 Å². The SMILES string of the molecule is COc1cc(Cl)c(C(O)c2cc3sccc3s2)cc1OC. The van der Waals surface area contributed by atoms with Gasteiger partial charge in [0.15, 0.2) is 11.5 Å². The molecule has 110 valence electrons. The summed E-state index contributed by atoms with van der Waals surface area (Å²) >= 11 is 9.50. The van der Waals surface area contributed by atoms with Crippen LogP contribution in [0.15, 0.2) is 29.6 Å². The van der Waals surface area contributed by atoms with Crippen LogP contribution in [0.2, 0.25) is 5.02 Å². The van der Waals surface area contributed by atoms with E-state index in [1.807, 2.05) is 11.4 Å². The van der Waals surface area contributed by atoms with Crippen molar-refractivity contribution in [1.82, 2.24) is 0 Å². The van der Waals surface area contributed by atoms with Gasteiger partial charge in [-0.2, -0.15) is 0 Å². The molecule has 0 aliphatic carbocycles. The topological polar surface area (TPSA) is 38.7 Å². The molecule has 1 N–H and O–H groups in total.